The molecule has 0 aromatic heterocycles. The molecule has 2 bridgehead atoms. The molecule has 1 saturated heterocycles. The lowest BCUT2D eigenvalue weighted by molar-refractivity contribution is -0.182. The van der Waals surface area contributed by atoms with Crippen LogP contribution in [0, 0.1) is 17.3 Å². The highest BCUT2D eigenvalue weighted by atomic mass is 16.6. The molecule has 3 heteroatoms. The average Bonchev–Trinajstić information content (AvgIpc) is 2.83. The molecule has 0 unspecified atom stereocenters. The second kappa shape index (κ2) is 3.01. The van der Waals surface area contributed by atoms with Crippen LogP contribution < -0.4 is 0 Å². The summed E-state index contributed by atoms with van der Waals surface area (Å²) in [7, 11) is 1.68. The molecule has 0 N–H and O–H groups in total. The Bertz CT molecular complexity index is 416. The minimum absolute atomic E-state index is 0.144. The maximum atomic E-state index is 12.9. The molecule has 3 fully saturated rings. The highest BCUT2D eigenvalue weighted by molar-refractivity contribution is 6.00. The van der Waals surface area contributed by atoms with E-state index in [1.165, 1.54) is 12.8 Å². The summed E-state index contributed by atoms with van der Waals surface area (Å²) in [4.78, 5) is 12.9. The van der Waals surface area contributed by atoms with E-state index in [0.717, 1.165) is 19.4 Å². The van der Waals surface area contributed by atoms with Gasteiger partial charge in [-0.25, -0.2) is 0 Å². The van der Waals surface area contributed by atoms with Crippen molar-refractivity contribution in [3.05, 3.63) is 12.2 Å². The third-order valence-electron chi connectivity index (χ3n) is 5.64. The summed E-state index contributed by atoms with van der Waals surface area (Å²) in [5.74, 6) is 1.18. The van der Waals surface area contributed by atoms with E-state index in [0.29, 0.717) is 17.6 Å². The average molecular weight is 234 g/mol. The summed E-state index contributed by atoms with van der Waals surface area (Å²) < 4.78 is 11.5. The Labute approximate surface area is 101 Å². The molecule has 4 rings (SSSR count). The minimum atomic E-state index is -0.655. The Hall–Kier alpha value is -0.670. The van der Waals surface area contributed by atoms with Gasteiger partial charge in [-0.2, -0.15) is 0 Å². The third-order valence-corrected chi connectivity index (χ3v) is 5.64. The van der Waals surface area contributed by atoms with Crippen molar-refractivity contribution >= 4 is 5.78 Å². The van der Waals surface area contributed by atoms with Crippen molar-refractivity contribution in [2.24, 2.45) is 17.3 Å². The van der Waals surface area contributed by atoms with E-state index in [9.17, 15) is 4.79 Å². The molecule has 1 spiro atoms. The number of allylic oxidation sites excluding steroid dienone is 1. The molecule has 0 aromatic rings. The number of hydrogen-bond donors (Lipinski definition) is 0. The van der Waals surface area contributed by atoms with Crippen LogP contribution in [0.25, 0.3) is 0 Å². The van der Waals surface area contributed by atoms with Gasteiger partial charge < -0.3 is 9.47 Å². The van der Waals surface area contributed by atoms with Gasteiger partial charge in [-0.15, -0.1) is 0 Å². The molecular weight excluding hydrogens is 216 g/mol. The zero-order valence-electron chi connectivity index (χ0n) is 10.1. The first-order valence-electron chi connectivity index (χ1n) is 6.67. The number of methoxy groups -OCH3 is 1. The second-order valence-corrected chi connectivity index (χ2v) is 5.91. The van der Waals surface area contributed by atoms with Crippen molar-refractivity contribution in [1.82, 2.24) is 0 Å². The monoisotopic (exact) mass is 234 g/mol. The number of ketones is 1. The fourth-order valence-corrected chi connectivity index (χ4v) is 5.03. The van der Waals surface area contributed by atoms with E-state index in [4.69, 9.17) is 9.47 Å². The molecule has 2 saturated carbocycles. The topological polar surface area (TPSA) is 35.5 Å². The van der Waals surface area contributed by atoms with Crippen LogP contribution in [0.2, 0.25) is 0 Å². The van der Waals surface area contributed by atoms with Crippen LogP contribution in [-0.2, 0) is 14.3 Å². The molecule has 1 heterocycles. The molecule has 3 nitrogen and oxygen atoms in total. The van der Waals surface area contributed by atoms with Crippen LogP contribution in [0.15, 0.2) is 12.2 Å². The van der Waals surface area contributed by atoms with Crippen LogP contribution in [0.4, 0.5) is 0 Å². The standard InChI is InChI=1S/C14H18O3/c1-16-14-10-5-8-17-11(14)4-7-13(12(14)15)6-2-3-9(10)13/h4,7,9-11H,2-3,5-6,8H2,1H3/t9-,10-,11+,13+,14-/m1/s1. The van der Waals surface area contributed by atoms with Gasteiger partial charge in [0.25, 0.3) is 0 Å². The molecule has 1 aliphatic heterocycles. The number of carbonyl (C=O) groups is 1. The number of rotatable bonds is 1. The smallest absolute Gasteiger partial charge is 0.178 e. The van der Waals surface area contributed by atoms with E-state index < -0.39 is 5.60 Å². The van der Waals surface area contributed by atoms with Crippen molar-refractivity contribution < 1.29 is 14.3 Å². The van der Waals surface area contributed by atoms with Gasteiger partial charge in [-0.1, -0.05) is 18.6 Å². The first-order valence-corrected chi connectivity index (χ1v) is 6.67. The number of Topliss-reactive ketones (excluding diaryl/α,β-unsaturated/α-hetero) is 1. The number of hydrogen-bond acceptors (Lipinski definition) is 3. The quantitative estimate of drug-likeness (QED) is 0.648. The maximum Gasteiger partial charge on any atom is 0.178 e. The fraction of sp³-hybridized carbons (Fsp3) is 0.786. The van der Waals surface area contributed by atoms with Gasteiger partial charge >= 0.3 is 0 Å². The van der Waals surface area contributed by atoms with Crippen molar-refractivity contribution in [3.63, 3.8) is 0 Å². The van der Waals surface area contributed by atoms with Gasteiger partial charge in [0, 0.05) is 19.6 Å². The lowest BCUT2D eigenvalue weighted by Gasteiger charge is -2.44. The van der Waals surface area contributed by atoms with Crippen LogP contribution in [0.5, 0.6) is 0 Å². The molecule has 17 heavy (non-hydrogen) atoms. The van der Waals surface area contributed by atoms with E-state index in [1.54, 1.807) is 7.11 Å². The largest absolute Gasteiger partial charge is 0.371 e. The van der Waals surface area contributed by atoms with Crippen molar-refractivity contribution in [2.45, 2.75) is 37.4 Å². The zero-order valence-corrected chi connectivity index (χ0v) is 10.1. The maximum absolute atomic E-state index is 12.9. The van der Waals surface area contributed by atoms with E-state index in [-0.39, 0.29) is 11.5 Å². The molecule has 0 aromatic carbocycles. The van der Waals surface area contributed by atoms with Crippen LogP contribution in [-0.4, -0.2) is 31.2 Å². The number of ether oxygens (including phenoxy) is 2. The van der Waals surface area contributed by atoms with Gasteiger partial charge in [0.05, 0.1) is 5.41 Å². The first-order chi connectivity index (χ1) is 8.25. The first kappa shape index (κ1) is 10.3. The Morgan fingerprint density at radius 3 is 3.12 bits per heavy atom. The molecule has 4 aliphatic rings. The molecule has 92 valence electrons. The van der Waals surface area contributed by atoms with E-state index >= 15 is 0 Å². The summed E-state index contributed by atoms with van der Waals surface area (Å²) >= 11 is 0. The Morgan fingerprint density at radius 1 is 1.41 bits per heavy atom. The van der Waals surface area contributed by atoms with Gasteiger partial charge in [0.15, 0.2) is 11.4 Å². The van der Waals surface area contributed by atoms with Gasteiger partial charge in [-0.3, -0.25) is 4.79 Å². The van der Waals surface area contributed by atoms with Gasteiger partial charge in [0.2, 0.25) is 0 Å². The van der Waals surface area contributed by atoms with Gasteiger partial charge in [-0.05, 0) is 25.2 Å². The molecular formula is C14H18O3. The highest BCUT2D eigenvalue weighted by Gasteiger charge is 2.73. The predicted molar refractivity (Wildman–Crippen MR) is 61.5 cm³/mol. The van der Waals surface area contributed by atoms with Crippen LogP contribution >= 0.6 is 0 Å². The third kappa shape index (κ3) is 0.890. The lowest BCUT2D eigenvalue weighted by atomic mass is 9.74. The van der Waals surface area contributed by atoms with E-state index in [2.05, 4.69) is 12.2 Å². The van der Waals surface area contributed by atoms with Crippen molar-refractivity contribution in [2.75, 3.05) is 13.7 Å². The Morgan fingerprint density at radius 2 is 2.29 bits per heavy atom. The molecule has 5 atom stereocenters. The number of carbonyl (C=O) groups excluding carboxylic acids is 1. The van der Waals surface area contributed by atoms with Crippen molar-refractivity contribution in [1.29, 1.82) is 0 Å². The van der Waals surface area contributed by atoms with Crippen molar-refractivity contribution in [3.8, 4) is 0 Å². The summed E-state index contributed by atoms with van der Waals surface area (Å²) in [6.45, 7) is 0.768. The fourth-order valence-electron chi connectivity index (χ4n) is 5.03. The normalized spacial score (nSPS) is 55.1. The lowest BCUT2D eigenvalue weighted by Crippen LogP contribution is -2.59. The summed E-state index contributed by atoms with van der Waals surface area (Å²) in [6, 6.07) is 0. The molecule has 0 radical (unpaired) electrons. The minimum Gasteiger partial charge on any atom is -0.371 e. The van der Waals surface area contributed by atoms with E-state index in [1.807, 2.05) is 0 Å². The second-order valence-electron chi connectivity index (χ2n) is 5.91. The predicted octanol–water partition coefficient (Wildman–Crippen LogP) is 1.72. The highest BCUT2D eigenvalue weighted by Crippen LogP contribution is 2.65. The van der Waals surface area contributed by atoms with Crippen LogP contribution in [0.3, 0.4) is 0 Å². The Balaban J connectivity index is 1.96. The van der Waals surface area contributed by atoms with Gasteiger partial charge in [0.1, 0.15) is 6.10 Å². The molecule has 3 aliphatic carbocycles. The SMILES string of the molecule is CO[C@@]12C(=O)[C@@]34C=C[C@@H]1OCC[C@@H]2[C@H]3CCC4. The Kier molecular flexibility index (Phi) is 1.82. The number of fused-ring (bicyclic) bond motifs is 1. The summed E-state index contributed by atoms with van der Waals surface area (Å²) in [5, 5.41) is 0. The summed E-state index contributed by atoms with van der Waals surface area (Å²) in [6.07, 6.45) is 8.46. The van der Waals surface area contributed by atoms with Crippen LogP contribution in [0.1, 0.15) is 25.7 Å². The zero-order chi connectivity index (χ0) is 11.7. The summed E-state index contributed by atoms with van der Waals surface area (Å²) in [5.41, 5.74) is -0.858. The molecule has 0 amide bonds.